The zero-order valence-corrected chi connectivity index (χ0v) is 8.89. The molecule has 63 valence electrons. The van der Waals surface area contributed by atoms with Gasteiger partial charge in [-0.2, -0.15) is 0 Å². The molecule has 1 aromatic rings. The van der Waals surface area contributed by atoms with E-state index in [4.69, 9.17) is 0 Å². The Morgan fingerprint density at radius 2 is 2.00 bits per heavy atom. The molecule has 0 fully saturated rings. The summed E-state index contributed by atoms with van der Waals surface area (Å²) in [4.78, 5) is 2.18. The van der Waals surface area contributed by atoms with Gasteiger partial charge in [-0.05, 0) is 31.0 Å². The summed E-state index contributed by atoms with van der Waals surface area (Å²) in [6.07, 6.45) is 0.865. The fourth-order valence-corrected chi connectivity index (χ4v) is 1.40. The van der Waals surface area contributed by atoms with Crippen LogP contribution in [-0.4, -0.2) is 23.5 Å². The van der Waals surface area contributed by atoms with E-state index >= 15 is 0 Å². The molecule has 1 aromatic carbocycles. The van der Waals surface area contributed by atoms with Crippen LogP contribution in [0.4, 0.5) is 5.69 Å². The Morgan fingerprint density at radius 3 is 2.58 bits per heavy atom. The van der Waals surface area contributed by atoms with Gasteiger partial charge in [-0.1, -0.05) is 12.1 Å². The van der Waals surface area contributed by atoms with Crippen LogP contribution >= 0.6 is 0 Å². The summed E-state index contributed by atoms with van der Waals surface area (Å²) in [7, 11) is 5.56. The molecule has 1 nitrogen and oxygen atoms in total. The fourth-order valence-electron chi connectivity index (χ4n) is 1.23. The van der Waals surface area contributed by atoms with Crippen LogP contribution in [0, 0.1) is 13.8 Å². The highest BCUT2D eigenvalue weighted by molar-refractivity contribution is 6.10. The molecule has 0 atom stereocenters. The second-order valence-electron chi connectivity index (χ2n) is 3.08. The summed E-state index contributed by atoms with van der Waals surface area (Å²) in [5.74, 6) is 0. The average molecular weight is 176 g/mol. The molecule has 0 saturated heterocycles. The zero-order chi connectivity index (χ0) is 9.14. The predicted octanol–water partition coefficient (Wildman–Crippen LogP) is 1.87. The van der Waals surface area contributed by atoms with Gasteiger partial charge in [0, 0.05) is 18.9 Å². The molecule has 0 amide bonds. The molecular weight excluding hydrogens is 162 g/mol. The smallest absolute Gasteiger partial charge is 0.0513 e. The van der Waals surface area contributed by atoms with Crippen LogP contribution in [0.15, 0.2) is 18.2 Å². The molecule has 0 aromatic heterocycles. The Morgan fingerprint density at radius 1 is 1.33 bits per heavy atom. The van der Waals surface area contributed by atoms with Gasteiger partial charge in [0.25, 0.3) is 0 Å². The minimum absolute atomic E-state index is 0.865. The van der Waals surface area contributed by atoms with Crippen molar-refractivity contribution >= 4 is 15.9 Å². The minimum atomic E-state index is 0.865. The number of nitrogens with zero attached hydrogens (tertiary/aromatic N) is 1. The lowest BCUT2D eigenvalue weighted by Gasteiger charge is -2.20. The van der Waals surface area contributed by atoms with Crippen LogP contribution < -0.4 is 4.90 Å². The van der Waals surface area contributed by atoms with Gasteiger partial charge in [-0.3, -0.25) is 0 Å². The summed E-state index contributed by atoms with van der Waals surface area (Å²) < 4.78 is 0. The summed E-state index contributed by atoms with van der Waals surface area (Å²) in [5, 5.41) is 0. The molecule has 0 N–H and O–H groups in total. The summed E-state index contributed by atoms with van der Waals surface area (Å²) >= 11 is 0. The van der Waals surface area contributed by atoms with Crippen LogP contribution in [0.5, 0.6) is 0 Å². The highest BCUT2D eigenvalue weighted by Crippen LogP contribution is 2.20. The van der Waals surface area contributed by atoms with E-state index in [0.29, 0.717) is 0 Å². The third-order valence-corrected chi connectivity index (χ3v) is 2.70. The predicted molar refractivity (Wildman–Crippen MR) is 54.9 cm³/mol. The van der Waals surface area contributed by atoms with Gasteiger partial charge in [0.15, 0.2) is 0 Å². The molecule has 0 heterocycles. The van der Waals surface area contributed by atoms with Crippen LogP contribution in [-0.2, 0) is 0 Å². The Kier molecular flexibility index (Phi) is 2.92. The fraction of sp³-hybridized carbons (Fsp3) is 0.400. The van der Waals surface area contributed by atoms with Gasteiger partial charge in [-0.25, -0.2) is 0 Å². The molecule has 0 aliphatic heterocycles. The highest BCUT2D eigenvalue weighted by Gasteiger charge is 2.02. The molecule has 0 aliphatic rings. The van der Waals surface area contributed by atoms with Gasteiger partial charge in [0.1, 0.15) is 0 Å². The van der Waals surface area contributed by atoms with E-state index in [-0.39, 0.29) is 0 Å². The van der Waals surface area contributed by atoms with Crippen molar-refractivity contribution in [1.29, 1.82) is 0 Å². The van der Waals surface area contributed by atoms with Crippen molar-refractivity contribution in [1.82, 2.24) is 0 Å². The maximum atomic E-state index is 3.48. The minimum Gasteiger partial charge on any atom is -0.378 e. The zero-order valence-electron chi connectivity index (χ0n) is 7.89. The standard InChI is InChI=1S/C10H14NSi/c1-8-5-4-6-10(9(8)2)11(3)7-12/h4-6H,7H2,1-3H3. The topological polar surface area (TPSA) is 3.24 Å². The molecule has 0 spiro atoms. The van der Waals surface area contributed by atoms with E-state index in [1.165, 1.54) is 16.8 Å². The van der Waals surface area contributed by atoms with E-state index in [1.54, 1.807) is 0 Å². The van der Waals surface area contributed by atoms with Crippen molar-refractivity contribution in [2.24, 2.45) is 0 Å². The van der Waals surface area contributed by atoms with Crippen molar-refractivity contribution in [2.75, 3.05) is 18.1 Å². The van der Waals surface area contributed by atoms with Gasteiger partial charge < -0.3 is 4.90 Å². The molecule has 12 heavy (non-hydrogen) atoms. The number of anilines is 1. The lowest BCUT2D eigenvalue weighted by Crippen LogP contribution is -2.19. The number of rotatable bonds is 2. The molecule has 0 bridgehead atoms. The maximum absolute atomic E-state index is 3.48. The first-order valence-corrected chi connectivity index (χ1v) is 4.79. The monoisotopic (exact) mass is 176 g/mol. The van der Waals surface area contributed by atoms with E-state index < -0.39 is 0 Å². The van der Waals surface area contributed by atoms with Gasteiger partial charge >= 0.3 is 0 Å². The number of hydrogen-bond acceptors (Lipinski definition) is 1. The van der Waals surface area contributed by atoms with Crippen molar-refractivity contribution in [3.63, 3.8) is 0 Å². The Labute approximate surface area is 77.8 Å². The molecule has 0 saturated carbocycles. The summed E-state index contributed by atoms with van der Waals surface area (Å²) in [6, 6.07) is 6.37. The normalized spacial score (nSPS) is 10.0. The lowest BCUT2D eigenvalue weighted by molar-refractivity contribution is 1.07. The molecule has 3 radical (unpaired) electrons. The van der Waals surface area contributed by atoms with Crippen LogP contribution in [0.25, 0.3) is 0 Å². The molecule has 2 heteroatoms. The first-order chi connectivity index (χ1) is 5.66. The van der Waals surface area contributed by atoms with Gasteiger partial charge in [-0.15, -0.1) is 0 Å². The number of aryl methyl sites for hydroxylation is 1. The lowest BCUT2D eigenvalue weighted by atomic mass is 10.1. The number of hydrogen-bond donors (Lipinski definition) is 0. The average Bonchev–Trinajstić information content (AvgIpc) is 2.08. The second-order valence-corrected chi connectivity index (χ2v) is 3.39. The van der Waals surface area contributed by atoms with Gasteiger partial charge in [0.05, 0.1) is 10.2 Å². The Balaban J connectivity index is 3.07. The van der Waals surface area contributed by atoms with Crippen molar-refractivity contribution in [3.05, 3.63) is 29.3 Å². The summed E-state index contributed by atoms with van der Waals surface area (Å²) in [5.41, 5.74) is 4.00. The summed E-state index contributed by atoms with van der Waals surface area (Å²) in [6.45, 7) is 4.30. The highest BCUT2D eigenvalue weighted by atomic mass is 28.1. The molecular formula is C10H14NSi. The van der Waals surface area contributed by atoms with E-state index in [9.17, 15) is 0 Å². The van der Waals surface area contributed by atoms with Crippen molar-refractivity contribution < 1.29 is 0 Å². The third-order valence-electron chi connectivity index (χ3n) is 2.22. The quantitative estimate of drug-likeness (QED) is 0.622. The van der Waals surface area contributed by atoms with Crippen LogP contribution in [0.2, 0.25) is 0 Å². The van der Waals surface area contributed by atoms with Crippen molar-refractivity contribution in [3.8, 4) is 0 Å². The SMILES string of the molecule is Cc1cccc(N(C)C[Si])c1C. The molecule has 0 unspecified atom stereocenters. The molecule has 0 aliphatic carbocycles. The van der Waals surface area contributed by atoms with Crippen LogP contribution in [0.3, 0.4) is 0 Å². The van der Waals surface area contributed by atoms with Crippen LogP contribution in [0.1, 0.15) is 11.1 Å². The Bertz CT molecular complexity index is 271. The third kappa shape index (κ3) is 1.69. The largest absolute Gasteiger partial charge is 0.378 e. The van der Waals surface area contributed by atoms with E-state index in [2.05, 4.69) is 54.2 Å². The van der Waals surface area contributed by atoms with Gasteiger partial charge in [0.2, 0.25) is 0 Å². The maximum Gasteiger partial charge on any atom is 0.0513 e. The Hall–Kier alpha value is -0.763. The second kappa shape index (κ2) is 3.76. The van der Waals surface area contributed by atoms with Crippen molar-refractivity contribution in [2.45, 2.75) is 13.8 Å². The van der Waals surface area contributed by atoms with E-state index in [1.807, 2.05) is 0 Å². The first-order valence-electron chi connectivity index (χ1n) is 4.08. The molecule has 1 rings (SSSR count). The first kappa shape index (κ1) is 9.33. The number of benzene rings is 1. The van der Waals surface area contributed by atoms with E-state index in [0.717, 1.165) is 6.17 Å².